The molecule has 0 aliphatic rings. The molecule has 90 valence electrons. The summed E-state index contributed by atoms with van der Waals surface area (Å²) in [7, 11) is 0. The van der Waals surface area contributed by atoms with Crippen LogP contribution in [0.5, 0.6) is 0 Å². The third kappa shape index (κ3) is 2.49. The highest BCUT2D eigenvalue weighted by Gasteiger charge is 2.11. The van der Waals surface area contributed by atoms with E-state index in [0.717, 1.165) is 43.5 Å². The second-order valence-corrected chi connectivity index (χ2v) is 4.35. The van der Waals surface area contributed by atoms with E-state index < -0.39 is 0 Å². The predicted octanol–water partition coefficient (Wildman–Crippen LogP) is 3.32. The molecular formula is C14H24N2. The summed E-state index contributed by atoms with van der Waals surface area (Å²) >= 11 is 0. The summed E-state index contributed by atoms with van der Waals surface area (Å²) in [5.74, 6) is 0. The van der Waals surface area contributed by atoms with Crippen molar-refractivity contribution < 1.29 is 0 Å². The molecule has 0 saturated heterocycles. The average Bonchev–Trinajstić information content (AvgIpc) is 2.28. The van der Waals surface area contributed by atoms with Gasteiger partial charge in [-0.05, 0) is 36.0 Å². The van der Waals surface area contributed by atoms with Gasteiger partial charge in [-0.3, -0.25) is 0 Å². The predicted molar refractivity (Wildman–Crippen MR) is 72.6 cm³/mol. The summed E-state index contributed by atoms with van der Waals surface area (Å²) in [6.45, 7) is 6.49. The molecule has 0 amide bonds. The van der Waals surface area contributed by atoms with Gasteiger partial charge in [0.05, 0.1) is 0 Å². The van der Waals surface area contributed by atoms with E-state index in [1.54, 1.807) is 0 Å². The number of hydrogen-bond acceptors (Lipinski definition) is 2. The molecule has 1 aromatic rings. The molecule has 0 unspecified atom stereocenters. The monoisotopic (exact) mass is 220 g/mol. The molecule has 0 fully saturated rings. The van der Waals surface area contributed by atoms with Gasteiger partial charge in [0.15, 0.2) is 0 Å². The van der Waals surface area contributed by atoms with Crippen molar-refractivity contribution in [2.45, 2.75) is 52.9 Å². The summed E-state index contributed by atoms with van der Waals surface area (Å²) < 4.78 is 0. The number of anilines is 2. The standard InChI is InChI=1S/C14H24N2/c1-4-7-11-9-10(6-3)13(15)12(8-5-2)14(11)16/h9H,4-8,15-16H2,1-3H3. The van der Waals surface area contributed by atoms with E-state index in [0.29, 0.717) is 0 Å². The van der Waals surface area contributed by atoms with Crippen LogP contribution in [0.3, 0.4) is 0 Å². The Morgan fingerprint density at radius 3 is 1.94 bits per heavy atom. The second-order valence-electron chi connectivity index (χ2n) is 4.35. The van der Waals surface area contributed by atoms with Crippen molar-refractivity contribution in [3.05, 3.63) is 22.8 Å². The van der Waals surface area contributed by atoms with Crippen LogP contribution < -0.4 is 11.5 Å². The van der Waals surface area contributed by atoms with Gasteiger partial charge >= 0.3 is 0 Å². The van der Waals surface area contributed by atoms with E-state index >= 15 is 0 Å². The van der Waals surface area contributed by atoms with Crippen LogP contribution in [0, 0.1) is 0 Å². The van der Waals surface area contributed by atoms with Crippen LogP contribution in [0.4, 0.5) is 11.4 Å². The fraction of sp³-hybridized carbons (Fsp3) is 0.571. The van der Waals surface area contributed by atoms with Crippen molar-refractivity contribution in [1.82, 2.24) is 0 Å². The lowest BCUT2D eigenvalue weighted by Crippen LogP contribution is -2.07. The normalized spacial score (nSPS) is 10.7. The minimum Gasteiger partial charge on any atom is -0.398 e. The first kappa shape index (κ1) is 12.9. The summed E-state index contributed by atoms with van der Waals surface area (Å²) in [4.78, 5) is 0. The van der Waals surface area contributed by atoms with Gasteiger partial charge in [-0.2, -0.15) is 0 Å². The Morgan fingerprint density at radius 1 is 0.875 bits per heavy atom. The zero-order valence-corrected chi connectivity index (χ0v) is 10.8. The van der Waals surface area contributed by atoms with Gasteiger partial charge in [-0.15, -0.1) is 0 Å². The number of nitrogen functional groups attached to an aromatic ring is 2. The average molecular weight is 220 g/mol. The van der Waals surface area contributed by atoms with E-state index in [1.807, 2.05) is 0 Å². The van der Waals surface area contributed by atoms with Crippen LogP contribution in [0.2, 0.25) is 0 Å². The van der Waals surface area contributed by atoms with Gasteiger partial charge in [0, 0.05) is 11.4 Å². The second kappa shape index (κ2) is 5.78. The molecule has 0 spiro atoms. The zero-order valence-electron chi connectivity index (χ0n) is 10.8. The van der Waals surface area contributed by atoms with Crippen LogP contribution in [-0.4, -0.2) is 0 Å². The summed E-state index contributed by atoms with van der Waals surface area (Å²) in [5.41, 5.74) is 17.9. The first-order valence-electron chi connectivity index (χ1n) is 6.34. The fourth-order valence-corrected chi connectivity index (χ4v) is 2.19. The van der Waals surface area contributed by atoms with Crippen molar-refractivity contribution in [3.63, 3.8) is 0 Å². The van der Waals surface area contributed by atoms with Gasteiger partial charge in [-0.1, -0.05) is 39.7 Å². The van der Waals surface area contributed by atoms with Crippen molar-refractivity contribution in [2.24, 2.45) is 0 Å². The third-order valence-electron chi connectivity index (χ3n) is 3.09. The first-order chi connectivity index (χ1) is 7.65. The maximum atomic E-state index is 6.20. The molecule has 2 nitrogen and oxygen atoms in total. The van der Waals surface area contributed by atoms with Crippen LogP contribution in [0.15, 0.2) is 6.07 Å². The Bertz CT molecular complexity index is 356. The molecule has 0 atom stereocenters. The topological polar surface area (TPSA) is 52.0 Å². The molecule has 1 aromatic carbocycles. The maximum Gasteiger partial charge on any atom is 0.0400 e. The minimum atomic E-state index is 0.918. The van der Waals surface area contributed by atoms with Gasteiger partial charge in [0.1, 0.15) is 0 Å². The number of benzene rings is 1. The lowest BCUT2D eigenvalue weighted by Gasteiger charge is -2.16. The molecule has 2 heteroatoms. The molecular weight excluding hydrogens is 196 g/mol. The van der Waals surface area contributed by atoms with Crippen LogP contribution >= 0.6 is 0 Å². The Kier molecular flexibility index (Phi) is 4.66. The Hall–Kier alpha value is -1.18. The molecule has 0 bridgehead atoms. The molecule has 0 aromatic heterocycles. The third-order valence-corrected chi connectivity index (χ3v) is 3.09. The lowest BCUT2D eigenvalue weighted by atomic mass is 9.94. The summed E-state index contributed by atoms with van der Waals surface area (Å²) in [6.07, 6.45) is 5.24. The molecule has 0 saturated carbocycles. The molecule has 1 rings (SSSR count). The highest BCUT2D eigenvalue weighted by molar-refractivity contribution is 5.69. The fourth-order valence-electron chi connectivity index (χ4n) is 2.19. The van der Waals surface area contributed by atoms with E-state index in [2.05, 4.69) is 26.8 Å². The van der Waals surface area contributed by atoms with E-state index in [-0.39, 0.29) is 0 Å². The van der Waals surface area contributed by atoms with Gasteiger partial charge in [0.25, 0.3) is 0 Å². The van der Waals surface area contributed by atoms with E-state index in [1.165, 1.54) is 16.7 Å². The number of rotatable bonds is 5. The van der Waals surface area contributed by atoms with Crippen LogP contribution in [0.1, 0.15) is 50.3 Å². The molecule has 0 aliphatic heterocycles. The van der Waals surface area contributed by atoms with Crippen LogP contribution in [0.25, 0.3) is 0 Å². The summed E-state index contributed by atoms with van der Waals surface area (Å²) in [6, 6.07) is 2.19. The van der Waals surface area contributed by atoms with E-state index in [9.17, 15) is 0 Å². The number of hydrogen-bond donors (Lipinski definition) is 2. The van der Waals surface area contributed by atoms with Gasteiger partial charge in [0.2, 0.25) is 0 Å². The first-order valence-corrected chi connectivity index (χ1v) is 6.34. The zero-order chi connectivity index (χ0) is 12.1. The van der Waals surface area contributed by atoms with Crippen molar-refractivity contribution in [1.29, 1.82) is 0 Å². The molecule has 4 N–H and O–H groups in total. The molecule has 0 heterocycles. The van der Waals surface area contributed by atoms with Crippen molar-refractivity contribution in [2.75, 3.05) is 11.5 Å². The SMILES string of the molecule is CCCc1cc(CC)c(N)c(CCC)c1N. The highest BCUT2D eigenvalue weighted by Crippen LogP contribution is 2.30. The Balaban J connectivity index is 3.26. The smallest absolute Gasteiger partial charge is 0.0400 e. The molecule has 0 radical (unpaired) electrons. The Labute approximate surface area is 99.0 Å². The largest absolute Gasteiger partial charge is 0.398 e. The van der Waals surface area contributed by atoms with Gasteiger partial charge in [-0.25, -0.2) is 0 Å². The maximum absolute atomic E-state index is 6.20. The number of nitrogens with two attached hydrogens (primary N) is 2. The van der Waals surface area contributed by atoms with Crippen LogP contribution in [-0.2, 0) is 19.3 Å². The van der Waals surface area contributed by atoms with E-state index in [4.69, 9.17) is 11.5 Å². The van der Waals surface area contributed by atoms with Crippen molar-refractivity contribution >= 4 is 11.4 Å². The summed E-state index contributed by atoms with van der Waals surface area (Å²) in [5, 5.41) is 0. The number of aryl methyl sites for hydroxylation is 2. The molecule has 16 heavy (non-hydrogen) atoms. The Morgan fingerprint density at radius 2 is 1.44 bits per heavy atom. The lowest BCUT2D eigenvalue weighted by molar-refractivity contribution is 0.895. The quantitative estimate of drug-likeness (QED) is 0.748. The van der Waals surface area contributed by atoms with Gasteiger partial charge < -0.3 is 11.5 Å². The van der Waals surface area contributed by atoms with Crippen molar-refractivity contribution in [3.8, 4) is 0 Å². The highest BCUT2D eigenvalue weighted by atomic mass is 14.6. The molecule has 0 aliphatic carbocycles. The minimum absolute atomic E-state index is 0.918.